The molecule has 0 aromatic heterocycles. The summed E-state index contributed by atoms with van der Waals surface area (Å²) in [5.74, 6) is 0.141. The van der Waals surface area contributed by atoms with Crippen molar-refractivity contribution in [3.8, 4) is 0 Å². The van der Waals surface area contributed by atoms with Crippen molar-refractivity contribution in [1.82, 2.24) is 0 Å². The highest BCUT2D eigenvalue weighted by Gasteiger charge is 2.53. The number of hydrogen-bond donors (Lipinski definition) is 0. The molecular formula is C20H23NO3S. The van der Waals surface area contributed by atoms with Crippen LogP contribution >= 0.6 is 0 Å². The van der Waals surface area contributed by atoms with Crippen LogP contribution in [-0.2, 0) is 14.8 Å². The lowest BCUT2D eigenvalue weighted by atomic mass is 9.76. The Morgan fingerprint density at radius 1 is 1.08 bits per heavy atom. The lowest BCUT2D eigenvalue weighted by Gasteiger charge is -2.49. The van der Waals surface area contributed by atoms with Crippen LogP contribution in [0.3, 0.4) is 0 Å². The number of anilines is 1. The summed E-state index contributed by atoms with van der Waals surface area (Å²) in [7, 11) is -3.66. The number of fused-ring (bicyclic) bond motifs is 3. The fraction of sp³-hybridized carbons (Fsp3) is 0.400. The van der Waals surface area contributed by atoms with Crippen molar-refractivity contribution in [1.29, 1.82) is 0 Å². The number of ether oxygens (including phenoxy) is 1. The first-order valence-electron chi connectivity index (χ1n) is 8.66. The van der Waals surface area contributed by atoms with Crippen molar-refractivity contribution in [2.45, 2.75) is 43.7 Å². The van der Waals surface area contributed by atoms with E-state index in [1.807, 2.05) is 57.2 Å². The highest BCUT2D eigenvalue weighted by atomic mass is 32.2. The van der Waals surface area contributed by atoms with Crippen molar-refractivity contribution in [3.63, 3.8) is 0 Å². The maximum absolute atomic E-state index is 13.6. The Balaban J connectivity index is 1.93. The minimum Gasteiger partial charge on any atom is -0.373 e. The van der Waals surface area contributed by atoms with Gasteiger partial charge in [-0.25, -0.2) is 8.42 Å². The van der Waals surface area contributed by atoms with Crippen molar-refractivity contribution in [2.24, 2.45) is 5.92 Å². The minimum absolute atomic E-state index is 0.0318. The van der Waals surface area contributed by atoms with Gasteiger partial charge in [0.25, 0.3) is 10.0 Å². The van der Waals surface area contributed by atoms with Crippen LogP contribution in [0.1, 0.15) is 37.5 Å². The molecule has 2 aromatic rings. The van der Waals surface area contributed by atoms with Crippen LogP contribution in [0.15, 0.2) is 53.4 Å². The molecule has 5 heteroatoms. The van der Waals surface area contributed by atoms with Crippen LogP contribution in [0.5, 0.6) is 0 Å². The number of para-hydroxylation sites is 1. The Bertz CT molecular complexity index is 903. The maximum Gasteiger partial charge on any atom is 0.264 e. The van der Waals surface area contributed by atoms with Crippen LogP contribution in [0.25, 0.3) is 0 Å². The standard InChI is InChI=1S/C20H23NO3S/c1-14-8-10-15(11-9-14)25(22,23)21-18-7-5-4-6-16(18)19-17(12-13-24-19)20(21,2)3/h4-11,17,19H,12-13H2,1-3H3/t17?,19-/m0/s1. The van der Waals surface area contributed by atoms with E-state index in [9.17, 15) is 8.42 Å². The van der Waals surface area contributed by atoms with Gasteiger partial charge >= 0.3 is 0 Å². The average molecular weight is 357 g/mol. The molecule has 2 atom stereocenters. The molecule has 2 aliphatic heterocycles. The van der Waals surface area contributed by atoms with E-state index in [-0.39, 0.29) is 12.0 Å². The van der Waals surface area contributed by atoms with Gasteiger partial charge in [-0.2, -0.15) is 0 Å². The molecule has 2 heterocycles. The van der Waals surface area contributed by atoms with E-state index in [0.717, 1.165) is 23.2 Å². The van der Waals surface area contributed by atoms with Crippen molar-refractivity contribution in [3.05, 3.63) is 59.7 Å². The number of sulfonamides is 1. The molecule has 2 aliphatic rings. The monoisotopic (exact) mass is 357 g/mol. The summed E-state index contributed by atoms with van der Waals surface area (Å²) in [5, 5.41) is 0. The van der Waals surface area contributed by atoms with Crippen LogP contribution < -0.4 is 4.31 Å². The molecule has 1 fully saturated rings. The van der Waals surface area contributed by atoms with Gasteiger partial charge in [0.1, 0.15) is 0 Å². The third kappa shape index (κ3) is 2.41. The van der Waals surface area contributed by atoms with E-state index >= 15 is 0 Å². The van der Waals surface area contributed by atoms with Gasteiger partial charge in [0, 0.05) is 18.1 Å². The second kappa shape index (κ2) is 5.58. The van der Waals surface area contributed by atoms with Gasteiger partial charge in [0.15, 0.2) is 0 Å². The van der Waals surface area contributed by atoms with Crippen LogP contribution in [0.4, 0.5) is 5.69 Å². The number of aryl methyl sites for hydroxylation is 1. The number of hydrogen-bond acceptors (Lipinski definition) is 3. The van der Waals surface area contributed by atoms with Gasteiger partial charge in [0.05, 0.1) is 22.2 Å². The fourth-order valence-electron chi connectivity index (χ4n) is 4.25. The van der Waals surface area contributed by atoms with Crippen LogP contribution in [0.2, 0.25) is 0 Å². The molecule has 0 saturated carbocycles. The molecule has 25 heavy (non-hydrogen) atoms. The highest BCUT2D eigenvalue weighted by molar-refractivity contribution is 7.93. The third-order valence-electron chi connectivity index (χ3n) is 5.54. The number of nitrogens with zero attached hydrogens (tertiary/aromatic N) is 1. The summed E-state index contributed by atoms with van der Waals surface area (Å²) in [6.07, 6.45) is 0.835. The summed E-state index contributed by atoms with van der Waals surface area (Å²) in [5.41, 5.74) is 2.19. The Morgan fingerprint density at radius 3 is 2.48 bits per heavy atom. The zero-order valence-corrected chi connectivity index (χ0v) is 15.6. The Hall–Kier alpha value is -1.85. The zero-order valence-electron chi connectivity index (χ0n) is 14.8. The third-order valence-corrected chi connectivity index (χ3v) is 7.56. The lowest BCUT2D eigenvalue weighted by molar-refractivity contribution is 0.0685. The van der Waals surface area contributed by atoms with E-state index in [1.165, 1.54) is 0 Å². The first-order valence-corrected chi connectivity index (χ1v) is 10.1. The van der Waals surface area contributed by atoms with Crippen molar-refractivity contribution in [2.75, 3.05) is 10.9 Å². The number of benzene rings is 2. The molecule has 1 unspecified atom stereocenters. The zero-order chi connectivity index (χ0) is 17.8. The summed E-state index contributed by atoms with van der Waals surface area (Å²) in [4.78, 5) is 0.332. The van der Waals surface area contributed by atoms with Gasteiger partial charge in [-0.15, -0.1) is 0 Å². The van der Waals surface area contributed by atoms with E-state index < -0.39 is 15.6 Å². The molecule has 0 amide bonds. The van der Waals surface area contributed by atoms with Gasteiger partial charge in [-0.1, -0.05) is 35.9 Å². The molecule has 4 rings (SSSR count). The summed E-state index contributed by atoms with van der Waals surface area (Å²) in [6, 6.07) is 14.8. The predicted octanol–water partition coefficient (Wildman–Crippen LogP) is 4.06. The largest absolute Gasteiger partial charge is 0.373 e. The minimum atomic E-state index is -3.66. The summed E-state index contributed by atoms with van der Waals surface area (Å²) >= 11 is 0. The molecule has 132 valence electrons. The first-order chi connectivity index (χ1) is 11.8. The van der Waals surface area contributed by atoms with Gasteiger partial charge in [-0.05, 0) is 45.4 Å². The Labute approximate surface area is 149 Å². The SMILES string of the molecule is Cc1ccc(S(=O)(=O)N2c3ccccc3[C@@H]3OCCC3C2(C)C)cc1. The van der Waals surface area contributed by atoms with Crippen LogP contribution in [0, 0.1) is 12.8 Å². The molecule has 4 nitrogen and oxygen atoms in total. The molecule has 2 aromatic carbocycles. The van der Waals surface area contributed by atoms with E-state index in [0.29, 0.717) is 11.5 Å². The predicted molar refractivity (Wildman–Crippen MR) is 98.2 cm³/mol. The van der Waals surface area contributed by atoms with E-state index in [2.05, 4.69) is 0 Å². The van der Waals surface area contributed by atoms with Gasteiger partial charge < -0.3 is 4.74 Å². The fourth-order valence-corrected chi connectivity index (χ4v) is 6.12. The molecule has 0 aliphatic carbocycles. The quantitative estimate of drug-likeness (QED) is 0.814. The topological polar surface area (TPSA) is 46.6 Å². The molecule has 0 radical (unpaired) electrons. The Morgan fingerprint density at radius 2 is 1.76 bits per heavy atom. The molecule has 0 N–H and O–H groups in total. The molecular weight excluding hydrogens is 334 g/mol. The van der Waals surface area contributed by atoms with Crippen LogP contribution in [-0.4, -0.2) is 20.6 Å². The summed E-state index contributed by atoms with van der Waals surface area (Å²) < 4.78 is 34.7. The average Bonchev–Trinajstić information content (AvgIpc) is 3.06. The second-order valence-electron chi connectivity index (χ2n) is 7.48. The summed E-state index contributed by atoms with van der Waals surface area (Å²) in [6.45, 7) is 6.66. The first kappa shape index (κ1) is 16.6. The van der Waals surface area contributed by atoms with E-state index in [4.69, 9.17) is 4.74 Å². The second-order valence-corrected chi connectivity index (χ2v) is 9.27. The highest BCUT2D eigenvalue weighted by Crippen LogP contribution is 2.53. The van der Waals surface area contributed by atoms with Crippen molar-refractivity contribution >= 4 is 15.7 Å². The maximum atomic E-state index is 13.6. The normalized spacial score (nSPS) is 24.7. The van der Waals surface area contributed by atoms with Crippen molar-refractivity contribution < 1.29 is 13.2 Å². The lowest BCUT2D eigenvalue weighted by Crippen LogP contribution is -2.56. The number of rotatable bonds is 2. The molecule has 0 spiro atoms. The molecule has 0 bridgehead atoms. The Kier molecular flexibility index (Phi) is 3.71. The smallest absolute Gasteiger partial charge is 0.264 e. The van der Waals surface area contributed by atoms with Gasteiger partial charge in [0.2, 0.25) is 0 Å². The van der Waals surface area contributed by atoms with Gasteiger partial charge in [-0.3, -0.25) is 4.31 Å². The molecule has 1 saturated heterocycles. The van der Waals surface area contributed by atoms with E-state index in [1.54, 1.807) is 16.4 Å².